The number of rotatable bonds is 4. The molecule has 42 heavy (non-hydrogen) atoms. The minimum Gasteiger partial charge on any atom is -0.342 e. The van der Waals surface area contributed by atoms with Crippen LogP contribution in [-0.2, 0) is 13.0 Å². The maximum atomic E-state index is 14.2. The zero-order chi connectivity index (χ0) is 28.4. The van der Waals surface area contributed by atoms with Crippen molar-refractivity contribution in [1.29, 1.82) is 0 Å². The summed E-state index contributed by atoms with van der Waals surface area (Å²) in [7, 11) is 0. The Morgan fingerprint density at radius 1 is 0.976 bits per heavy atom. The van der Waals surface area contributed by atoms with E-state index in [0.717, 1.165) is 45.4 Å². The van der Waals surface area contributed by atoms with Gasteiger partial charge in [0.25, 0.3) is 5.56 Å². The van der Waals surface area contributed by atoms with Crippen LogP contribution in [0.5, 0.6) is 0 Å². The Morgan fingerprint density at radius 3 is 2.69 bits per heavy atom. The molecular weight excluding hydrogens is 601 g/mol. The minimum absolute atomic E-state index is 0.000125. The Bertz CT molecular complexity index is 2240. The summed E-state index contributed by atoms with van der Waals surface area (Å²) in [5.74, 6) is 0. The number of thiazole rings is 1. The van der Waals surface area contributed by atoms with E-state index in [2.05, 4.69) is 64.7 Å². The molecule has 0 spiro atoms. The van der Waals surface area contributed by atoms with Crippen molar-refractivity contribution in [3.63, 3.8) is 0 Å². The molecule has 6 aromatic rings. The Hall–Kier alpha value is -3.68. The molecule has 0 fully saturated rings. The smallest absolute Gasteiger partial charge is 0.271 e. The van der Waals surface area contributed by atoms with E-state index in [1.54, 1.807) is 17.4 Å². The Labute approximate surface area is 259 Å². The third kappa shape index (κ3) is 4.24. The van der Waals surface area contributed by atoms with E-state index in [0.29, 0.717) is 21.1 Å². The minimum atomic E-state index is -0.139. The fourth-order valence-electron chi connectivity index (χ4n) is 6.21. The highest BCUT2D eigenvalue weighted by molar-refractivity contribution is 7.10. The van der Waals surface area contributed by atoms with Crippen LogP contribution in [0.4, 0.5) is 0 Å². The molecule has 8 heteroatoms. The van der Waals surface area contributed by atoms with Crippen molar-refractivity contribution >= 4 is 68.6 Å². The van der Waals surface area contributed by atoms with Gasteiger partial charge in [0.2, 0.25) is 0 Å². The van der Waals surface area contributed by atoms with Gasteiger partial charge in [-0.15, -0.1) is 11.3 Å². The van der Waals surface area contributed by atoms with Gasteiger partial charge in [0.05, 0.1) is 16.3 Å². The molecule has 0 bridgehead atoms. The van der Waals surface area contributed by atoms with E-state index in [1.807, 2.05) is 34.9 Å². The molecule has 0 radical (unpaired) electrons. The van der Waals surface area contributed by atoms with Gasteiger partial charge in [-0.05, 0) is 65.3 Å². The average molecular weight is 625 g/mol. The van der Waals surface area contributed by atoms with Gasteiger partial charge in [0.15, 0.2) is 4.80 Å². The van der Waals surface area contributed by atoms with Gasteiger partial charge in [-0.25, -0.2) is 4.99 Å². The number of para-hydroxylation sites is 1. The van der Waals surface area contributed by atoms with Crippen LogP contribution >= 0.6 is 45.9 Å². The molecule has 0 amide bonds. The number of halogens is 2. The quantitative estimate of drug-likeness (QED) is 0.198. The first-order valence-corrected chi connectivity index (χ1v) is 16.2. The van der Waals surface area contributed by atoms with Crippen molar-refractivity contribution in [2.24, 2.45) is 4.99 Å². The lowest BCUT2D eigenvalue weighted by atomic mass is 9.85. The van der Waals surface area contributed by atoms with E-state index in [9.17, 15) is 4.79 Å². The number of thiophene rings is 1. The van der Waals surface area contributed by atoms with Gasteiger partial charge < -0.3 is 4.57 Å². The van der Waals surface area contributed by atoms with Gasteiger partial charge in [-0.3, -0.25) is 9.36 Å². The number of hydrogen-bond donors (Lipinski definition) is 0. The lowest BCUT2D eigenvalue weighted by Crippen LogP contribution is -2.38. The summed E-state index contributed by atoms with van der Waals surface area (Å²) in [5, 5.41) is 4.41. The van der Waals surface area contributed by atoms with E-state index >= 15 is 0 Å². The molecule has 1 atom stereocenters. The SMILES string of the molecule is O=c1/c(=C/c2cn(Cc3ccc(Cl)cc3Cl)c3ccccc23)sc2n1C(c1cccs1)C1=C(N=2)c2ccccc2CC1. The first-order valence-electron chi connectivity index (χ1n) is 13.7. The summed E-state index contributed by atoms with van der Waals surface area (Å²) in [6, 6.07) is 26.4. The molecule has 0 saturated heterocycles. The van der Waals surface area contributed by atoms with Crippen LogP contribution in [-0.4, -0.2) is 9.13 Å². The number of aryl methyl sites for hydroxylation is 1. The summed E-state index contributed by atoms with van der Waals surface area (Å²) < 4.78 is 4.77. The maximum Gasteiger partial charge on any atom is 0.271 e. The first-order chi connectivity index (χ1) is 20.5. The van der Waals surface area contributed by atoms with Crippen LogP contribution in [0.1, 0.15) is 39.6 Å². The predicted molar refractivity (Wildman–Crippen MR) is 175 cm³/mol. The number of aromatic nitrogens is 2. The molecule has 0 saturated carbocycles. The molecule has 8 rings (SSSR count). The molecule has 4 heterocycles. The van der Waals surface area contributed by atoms with Crippen molar-refractivity contribution in [1.82, 2.24) is 9.13 Å². The first kappa shape index (κ1) is 26.0. The monoisotopic (exact) mass is 623 g/mol. The van der Waals surface area contributed by atoms with Crippen LogP contribution < -0.4 is 14.9 Å². The molecule has 0 N–H and O–H groups in total. The van der Waals surface area contributed by atoms with Crippen molar-refractivity contribution in [2.75, 3.05) is 0 Å². The van der Waals surface area contributed by atoms with Crippen molar-refractivity contribution in [3.8, 4) is 0 Å². The second-order valence-corrected chi connectivity index (χ2v) is 13.4. The molecule has 2 aliphatic rings. The number of hydrogen-bond acceptors (Lipinski definition) is 4. The second-order valence-electron chi connectivity index (χ2n) is 10.6. The molecule has 3 aromatic heterocycles. The second kappa shape index (κ2) is 10.2. The van der Waals surface area contributed by atoms with Gasteiger partial charge in [-0.1, -0.05) is 89.1 Å². The summed E-state index contributed by atoms with van der Waals surface area (Å²) >= 11 is 15.8. The van der Waals surface area contributed by atoms with Crippen molar-refractivity contribution in [2.45, 2.75) is 25.4 Å². The Morgan fingerprint density at radius 2 is 1.83 bits per heavy atom. The number of benzene rings is 3. The lowest BCUT2D eigenvalue weighted by Gasteiger charge is -2.30. The molecule has 1 aliphatic carbocycles. The van der Waals surface area contributed by atoms with Crippen LogP contribution in [0.15, 0.2) is 106 Å². The van der Waals surface area contributed by atoms with E-state index in [1.165, 1.54) is 32.9 Å². The molecule has 1 unspecified atom stereocenters. The highest BCUT2D eigenvalue weighted by Gasteiger charge is 2.33. The lowest BCUT2D eigenvalue weighted by molar-refractivity contribution is 0.593. The van der Waals surface area contributed by atoms with Crippen LogP contribution in [0.25, 0.3) is 22.7 Å². The predicted octanol–water partition coefficient (Wildman–Crippen LogP) is 7.69. The molecule has 1 aliphatic heterocycles. The van der Waals surface area contributed by atoms with Crippen molar-refractivity contribution < 1.29 is 0 Å². The summed E-state index contributed by atoms with van der Waals surface area (Å²) in [6.07, 6.45) is 5.97. The fraction of sp³-hybridized carbons (Fsp3) is 0.118. The zero-order valence-corrected chi connectivity index (χ0v) is 25.4. The highest BCUT2D eigenvalue weighted by atomic mass is 35.5. The average Bonchev–Trinajstić information content (AvgIpc) is 3.73. The summed E-state index contributed by atoms with van der Waals surface area (Å²) in [6.45, 7) is 0.593. The fourth-order valence-corrected chi connectivity index (χ4v) is 8.52. The molecule has 206 valence electrons. The third-order valence-electron chi connectivity index (χ3n) is 8.15. The van der Waals surface area contributed by atoms with E-state index in [-0.39, 0.29) is 11.6 Å². The van der Waals surface area contributed by atoms with Crippen molar-refractivity contribution in [3.05, 3.63) is 153 Å². The Balaban J connectivity index is 1.30. The maximum absolute atomic E-state index is 14.2. The van der Waals surface area contributed by atoms with Gasteiger partial charge in [0, 0.05) is 49.7 Å². The number of allylic oxidation sites excluding steroid dienone is 1. The van der Waals surface area contributed by atoms with Crippen LogP contribution in [0, 0.1) is 0 Å². The summed E-state index contributed by atoms with van der Waals surface area (Å²) in [5.41, 5.74) is 7.80. The Kier molecular flexibility index (Phi) is 6.34. The third-order valence-corrected chi connectivity index (χ3v) is 10.6. The van der Waals surface area contributed by atoms with Crippen LogP contribution in [0.3, 0.4) is 0 Å². The zero-order valence-electron chi connectivity index (χ0n) is 22.3. The van der Waals surface area contributed by atoms with E-state index in [4.69, 9.17) is 28.2 Å². The standard InChI is InChI=1S/C34H23Cl2N3OS2/c35-23-13-11-21(27(36)17-23)18-38-19-22(24-7-3-4-9-28(24)38)16-30-33(40)39-32(29-10-5-15-41-29)26-14-12-20-6-1-2-8-25(20)31(26)37-34(39)42-30/h1-11,13,15-17,19,32H,12,14,18H2/b30-16-. The van der Waals surface area contributed by atoms with Gasteiger partial charge >= 0.3 is 0 Å². The van der Waals surface area contributed by atoms with Crippen LogP contribution in [0.2, 0.25) is 10.0 Å². The molecule has 4 nitrogen and oxygen atoms in total. The molecule has 3 aromatic carbocycles. The number of fused-ring (bicyclic) bond motifs is 4. The summed E-state index contributed by atoms with van der Waals surface area (Å²) in [4.78, 5) is 21.2. The topological polar surface area (TPSA) is 39.3 Å². The van der Waals surface area contributed by atoms with E-state index < -0.39 is 0 Å². The normalized spacial score (nSPS) is 16.3. The highest BCUT2D eigenvalue weighted by Crippen LogP contribution is 2.42. The van der Waals surface area contributed by atoms with Gasteiger partial charge in [0.1, 0.15) is 0 Å². The molecular formula is C34H23Cl2N3OS2. The largest absolute Gasteiger partial charge is 0.342 e. The van der Waals surface area contributed by atoms with Gasteiger partial charge in [-0.2, -0.15) is 0 Å². The number of nitrogens with zero attached hydrogens (tertiary/aromatic N) is 3.